The van der Waals surface area contributed by atoms with E-state index in [1.165, 1.54) is 0 Å². The third-order valence-corrected chi connectivity index (χ3v) is 3.62. The SMILES string of the molecule is CN(C)CCCNc1oc(COc2ccc(Cl)cc2Cl)nc1C#N. The Bertz CT molecular complexity index is 725. The second-order valence-electron chi connectivity index (χ2n) is 5.34. The smallest absolute Gasteiger partial charge is 0.236 e. The molecule has 2 aromatic rings. The second kappa shape index (κ2) is 8.78. The third-order valence-electron chi connectivity index (χ3n) is 3.09. The Morgan fingerprint density at radius 1 is 1.38 bits per heavy atom. The van der Waals surface area contributed by atoms with Crippen molar-refractivity contribution in [2.75, 3.05) is 32.5 Å². The van der Waals surface area contributed by atoms with E-state index in [-0.39, 0.29) is 12.3 Å². The molecule has 0 unspecified atom stereocenters. The molecule has 1 heterocycles. The lowest BCUT2D eigenvalue weighted by molar-refractivity contribution is 0.265. The van der Waals surface area contributed by atoms with E-state index < -0.39 is 0 Å². The molecule has 0 bridgehead atoms. The molecule has 0 atom stereocenters. The van der Waals surface area contributed by atoms with Gasteiger partial charge in [0.05, 0.1) is 5.02 Å². The number of aromatic nitrogens is 1. The van der Waals surface area contributed by atoms with Crippen LogP contribution in [0.2, 0.25) is 10.0 Å². The van der Waals surface area contributed by atoms with Crippen LogP contribution in [0.4, 0.5) is 5.88 Å². The predicted molar refractivity (Wildman–Crippen MR) is 93.7 cm³/mol. The molecule has 0 aliphatic heterocycles. The molecule has 1 aromatic carbocycles. The number of nitriles is 1. The summed E-state index contributed by atoms with van der Waals surface area (Å²) in [5, 5.41) is 13.1. The monoisotopic (exact) mass is 368 g/mol. The quantitative estimate of drug-likeness (QED) is 0.714. The van der Waals surface area contributed by atoms with Gasteiger partial charge >= 0.3 is 0 Å². The van der Waals surface area contributed by atoms with E-state index in [9.17, 15) is 0 Å². The topological polar surface area (TPSA) is 74.3 Å². The van der Waals surface area contributed by atoms with Gasteiger partial charge in [0.25, 0.3) is 0 Å². The van der Waals surface area contributed by atoms with E-state index in [2.05, 4.69) is 15.2 Å². The van der Waals surface area contributed by atoms with Gasteiger partial charge in [-0.15, -0.1) is 0 Å². The Morgan fingerprint density at radius 2 is 2.17 bits per heavy atom. The first-order valence-electron chi connectivity index (χ1n) is 7.36. The zero-order chi connectivity index (χ0) is 17.5. The number of anilines is 1. The minimum atomic E-state index is 0.0649. The minimum absolute atomic E-state index is 0.0649. The van der Waals surface area contributed by atoms with Crippen molar-refractivity contribution < 1.29 is 9.15 Å². The summed E-state index contributed by atoms with van der Waals surface area (Å²) in [5.41, 5.74) is 0.209. The van der Waals surface area contributed by atoms with Crippen LogP contribution >= 0.6 is 23.2 Å². The van der Waals surface area contributed by atoms with E-state index in [0.717, 1.165) is 13.0 Å². The zero-order valence-electron chi connectivity index (χ0n) is 13.5. The molecule has 0 spiro atoms. The van der Waals surface area contributed by atoms with Crippen molar-refractivity contribution >= 4 is 29.1 Å². The van der Waals surface area contributed by atoms with Crippen LogP contribution < -0.4 is 10.1 Å². The Morgan fingerprint density at radius 3 is 2.83 bits per heavy atom. The maximum absolute atomic E-state index is 9.14. The molecule has 0 saturated carbocycles. The molecule has 2 rings (SSSR count). The molecular formula is C16H18Cl2N4O2. The lowest BCUT2D eigenvalue weighted by Gasteiger charge is -2.09. The number of oxazole rings is 1. The summed E-state index contributed by atoms with van der Waals surface area (Å²) >= 11 is 11.9. The van der Waals surface area contributed by atoms with Crippen LogP contribution in [0.1, 0.15) is 18.0 Å². The van der Waals surface area contributed by atoms with E-state index in [1.54, 1.807) is 18.2 Å². The van der Waals surface area contributed by atoms with Crippen LogP contribution in [0.15, 0.2) is 22.6 Å². The first kappa shape index (κ1) is 18.4. The maximum Gasteiger partial charge on any atom is 0.236 e. The molecule has 24 heavy (non-hydrogen) atoms. The highest BCUT2D eigenvalue weighted by molar-refractivity contribution is 6.35. The van der Waals surface area contributed by atoms with Gasteiger partial charge in [0, 0.05) is 11.6 Å². The molecule has 0 amide bonds. The average Bonchev–Trinajstić information content (AvgIpc) is 2.93. The molecule has 128 valence electrons. The Hall–Kier alpha value is -1.94. The second-order valence-corrected chi connectivity index (χ2v) is 6.19. The van der Waals surface area contributed by atoms with Crippen LogP contribution in [0.3, 0.4) is 0 Å². The van der Waals surface area contributed by atoms with E-state index in [4.69, 9.17) is 37.6 Å². The number of nitrogens with one attached hydrogen (secondary N) is 1. The van der Waals surface area contributed by atoms with Crippen molar-refractivity contribution in [3.05, 3.63) is 39.8 Å². The molecule has 0 aliphatic rings. The molecule has 6 nitrogen and oxygen atoms in total. The van der Waals surface area contributed by atoms with Gasteiger partial charge in [-0.25, -0.2) is 0 Å². The van der Waals surface area contributed by atoms with Gasteiger partial charge in [-0.3, -0.25) is 0 Å². The molecule has 0 aliphatic carbocycles. The number of hydrogen-bond donors (Lipinski definition) is 1. The fraction of sp³-hybridized carbons (Fsp3) is 0.375. The lowest BCUT2D eigenvalue weighted by atomic mass is 10.3. The van der Waals surface area contributed by atoms with Gasteiger partial charge in [-0.05, 0) is 45.3 Å². The third kappa shape index (κ3) is 5.31. The Balaban J connectivity index is 1.95. The number of halogens is 2. The van der Waals surface area contributed by atoms with Gasteiger partial charge in [0.2, 0.25) is 17.5 Å². The number of rotatable bonds is 8. The highest BCUT2D eigenvalue weighted by Gasteiger charge is 2.13. The highest BCUT2D eigenvalue weighted by atomic mass is 35.5. The van der Waals surface area contributed by atoms with Gasteiger partial charge in [0.15, 0.2) is 6.61 Å². The van der Waals surface area contributed by atoms with Gasteiger partial charge in [-0.2, -0.15) is 10.2 Å². The van der Waals surface area contributed by atoms with Crippen molar-refractivity contribution in [3.8, 4) is 11.8 Å². The van der Waals surface area contributed by atoms with Crippen LogP contribution in [0.25, 0.3) is 0 Å². The number of hydrogen-bond acceptors (Lipinski definition) is 6. The highest BCUT2D eigenvalue weighted by Crippen LogP contribution is 2.28. The van der Waals surface area contributed by atoms with Crippen LogP contribution in [-0.2, 0) is 6.61 Å². The first-order valence-corrected chi connectivity index (χ1v) is 8.11. The summed E-state index contributed by atoms with van der Waals surface area (Å²) < 4.78 is 11.1. The van der Waals surface area contributed by atoms with Gasteiger partial charge < -0.3 is 19.4 Å². The molecule has 0 saturated heterocycles. The average molecular weight is 369 g/mol. The standard InChI is InChI=1S/C16H18Cl2N4O2/c1-22(2)7-3-6-20-16-13(9-19)21-15(24-16)10-23-14-5-4-11(17)8-12(14)18/h4-5,8,20H,3,6-7,10H2,1-2H3. The largest absolute Gasteiger partial charge is 0.482 e. The van der Waals surface area contributed by atoms with Crippen LogP contribution in [0, 0.1) is 11.3 Å². The number of benzene rings is 1. The minimum Gasteiger partial charge on any atom is -0.482 e. The lowest BCUT2D eigenvalue weighted by Crippen LogP contribution is -2.16. The number of nitrogens with zero attached hydrogens (tertiary/aromatic N) is 3. The van der Waals surface area contributed by atoms with Crippen LogP contribution in [-0.4, -0.2) is 37.1 Å². The fourth-order valence-electron chi connectivity index (χ4n) is 1.95. The summed E-state index contributed by atoms with van der Waals surface area (Å²) in [7, 11) is 4.01. The Labute approximate surface area is 150 Å². The summed E-state index contributed by atoms with van der Waals surface area (Å²) in [6.45, 7) is 1.69. The number of ether oxygens (including phenoxy) is 1. The summed E-state index contributed by atoms with van der Waals surface area (Å²) in [6.07, 6.45) is 0.921. The molecule has 1 N–H and O–H groups in total. The van der Waals surface area contributed by atoms with Crippen molar-refractivity contribution in [1.29, 1.82) is 5.26 Å². The fourth-order valence-corrected chi connectivity index (χ4v) is 2.41. The van der Waals surface area contributed by atoms with Crippen molar-refractivity contribution in [1.82, 2.24) is 9.88 Å². The maximum atomic E-state index is 9.14. The van der Waals surface area contributed by atoms with Crippen molar-refractivity contribution in [2.45, 2.75) is 13.0 Å². The summed E-state index contributed by atoms with van der Waals surface area (Å²) in [5.74, 6) is 1.13. The van der Waals surface area contributed by atoms with Gasteiger partial charge in [0.1, 0.15) is 11.8 Å². The molecule has 0 radical (unpaired) electrons. The summed E-state index contributed by atoms with van der Waals surface area (Å²) in [4.78, 5) is 6.20. The van der Waals surface area contributed by atoms with Gasteiger partial charge in [-0.1, -0.05) is 23.2 Å². The summed E-state index contributed by atoms with van der Waals surface area (Å²) in [6, 6.07) is 6.94. The first-order chi connectivity index (χ1) is 11.5. The predicted octanol–water partition coefficient (Wildman–Crippen LogP) is 3.80. The van der Waals surface area contributed by atoms with Crippen LogP contribution in [0.5, 0.6) is 5.75 Å². The zero-order valence-corrected chi connectivity index (χ0v) is 15.0. The Kier molecular flexibility index (Phi) is 6.73. The van der Waals surface area contributed by atoms with E-state index >= 15 is 0 Å². The molecule has 0 fully saturated rings. The van der Waals surface area contributed by atoms with E-state index in [0.29, 0.717) is 34.1 Å². The van der Waals surface area contributed by atoms with Crippen molar-refractivity contribution in [3.63, 3.8) is 0 Å². The molecular weight excluding hydrogens is 351 g/mol. The molecule has 1 aromatic heterocycles. The van der Waals surface area contributed by atoms with E-state index in [1.807, 2.05) is 20.2 Å². The normalized spacial score (nSPS) is 10.7. The molecule has 8 heteroatoms. The van der Waals surface area contributed by atoms with Crippen molar-refractivity contribution in [2.24, 2.45) is 0 Å².